The number of H-pyrrole nitrogens is 1. The number of aryl methyl sites for hydroxylation is 2. The Balaban J connectivity index is 2.16. The fourth-order valence-electron chi connectivity index (χ4n) is 2.28. The number of nitrogens with one attached hydrogen (secondary N) is 2. The largest absolute Gasteiger partial charge is 0.362 e. The number of ketones is 1. The molecule has 0 saturated carbocycles. The van der Waals surface area contributed by atoms with Crippen molar-refractivity contribution in [3.8, 4) is 0 Å². The predicted octanol–water partition coefficient (Wildman–Crippen LogP) is 1.81. The molecule has 0 aliphatic carbocycles. The smallest absolute Gasteiger partial charge is 0.167 e. The molecule has 1 fully saturated rings. The fourth-order valence-corrected chi connectivity index (χ4v) is 2.28. The topological polar surface area (TPSA) is 44.9 Å². The minimum Gasteiger partial charge on any atom is -0.362 e. The molecule has 0 unspecified atom stereocenters. The number of aromatic nitrogens is 1. The summed E-state index contributed by atoms with van der Waals surface area (Å²) in [5, 5.41) is 3.28. The Morgan fingerprint density at radius 3 is 2.53 bits per heavy atom. The first-order chi connectivity index (χ1) is 7.18. The van der Waals surface area contributed by atoms with Gasteiger partial charge in [0.15, 0.2) is 5.78 Å². The highest BCUT2D eigenvalue weighted by Gasteiger charge is 2.23. The van der Waals surface area contributed by atoms with Crippen LogP contribution in [0.2, 0.25) is 0 Å². The van der Waals surface area contributed by atoms with E-state index in [1.54, 1.807) is 0 Å². The van der Waals surface area contributed by atoms with Gasteiger partial charge in [-0.3, -0.25) is 4.79 Å². The Morgan fingerprint density at radius 2 is 2.00 bits per heavy atom. The number of hydrogen-bond acceptors (Lipinski definition) is 2. The van der Waals surface area contributed by atoms with E-state index in [9.17, 15) is 4.79 Å². The molecule has 3 nitrogen and oxygen atoms in total. The lowest BCUT2D eigenvalue weighted by atomic mass is 9.90. The van der Waals surface area contributed by atoms with E-state index in [0.717, 1.165) is 42.9 Å². The van der Waals surface area contributed by atoms with E-state index in [1.165, 1.54) is 0 Å². The molecule has 0 aromatic carbocycles. The zero-order chi connectivity index (χ0) is 10.8. The van der Waals surface area contributed by atoms with Crippen LogP contribution in [0.1, 0.15) is 34.6 Å². The van der Waals surface area contributed by atoms with Crippen LogP contribution in [0.25, 0.3) is 0 Å². The van der Waals surface area contributed by atoms with Crippen molar-refractivity contribution in [3.63, 3.8) is 0 Å². The molecule has 2 rings (SSSR count). The van der Waals surface area contributed by atoms with E-state index in [2.05, 4.69) is 10.3 Å². The van der Waals surface area contributed by atoms with Crippen LogP contribution in [-0.2, 0) is 0 Å². The number of aromatic amines is 1. The lowest BCUT2D eigenvalue weighted by molar-refractivity contribution is 0.0894. The molecule has 1 saturated heterocycles. The van der Waals surface area contributed by atoms with E-state index in [1.807, 2.05) is 19.9 Å². The van der Waals surface area contributed by atoms with Gasteiger partial charge in [-0.15, -0.1) is 0 Å². The van der Waals surface area contributed by atoms with E-state index in [0.29, 0.717) is 5.78 Å². The minimum absolute atomic E-state index is 0.222. The molecule has 3 heteroatoms. The molecule has 1 aliphatic rings. The van der Waals surface area contributed by atoms with E-state index in [-0.39, 0.29) is 5.92 Å². The lowest BCUT2D eigenvalue weighted by Crippen LogP contribution is -2.31. The van der Waals surface area contributed by atoms with Gasteiger partial charge in [0.25, 0.3) is 0 Å². The molecule has 1 aromatic rings. The van der Waals surface area contributed by atoms with Gasteiger partial charge in [-0.1, -0.05) is 0 Å². The molecular weight excluding hydrogens is 188 g/mol. The Hall–Kier alpha value is -1.09. The Morgan fingerprint density at radius 1 is 1.33 bits per heavy atom. The average Bonchev–Trinajstić information content (AvgIpc) is 2.58. The molecule has 0 radical (unpaired) electrons. The van der Waals surface area contributed by atoms with Crippen molar-refractivity contribution in [1.82, 2.24) is 10.3 Å². The number of piperidine rings is 1. The molecule has 1 aliphatic heterocycles. The molecule has 0 spiro atoms. The van der Waals surface area contributed by atoms with Gasteiger partial charge in [0.05, 0.1) is 0 Å². The van der Waals surface area contributed by atoms with Crippen molar-refractivity contribution in [2.24, 2.45) is 5.92 Å². The standard InChI is InChI=1S/C12H18N2O/c1-8-7-11(9(2)14-8)12(15)10-3-5-13-6-4-10/h7,10,13-14H,3-6H2,1-2H3. The first kappa shape index (κ1) is 10.4. The van der Waals surface area contributed by atoms with Gasteiger partial charge in [0, 0.05) is 22.9 Å². The van der Waals surface area contributed by atoms with Crippen LogP contribution in [-0.4, -0.2) is 23.9 Å². The molecular formula is C12H18N2O. The Bertz CT molecular complexity index is 362. The van der Waals surface area contributed by atoms with Crippen LogP contribution in [0.4, 0.5) is 0 Å². The fraction of sp³-hybridized carbons (Fsp3) is 0.583. The van der Waals surface area contributed by atoms with Crippen LogP contribution >= 0.6 is 0 Å². The Kier molecular flexibility index (Phi) is 2.91. The molecule has 82 valence electrons. The van der Waals surface area contributed by atoms with Gasteiger partial charge in [-0.2, -0.15) is 0 Å². The number of Topliss-reactive ketones (excluding diaryl/α,β-unsaturated/α-hetero) is 1. The zero-order valence-electron chi connectivity index (χ0n) is 9.39. The van der Waals surface area contributed by atoms with Crippen LogP contribution in [0.15, 0.2) is 6.07 Å². The minimum atomic E-state index is 0.222. The summed E-state index contributed by atoms with van der Waals surface area (Å²) in [6, 6.07) is 1.97. The summed E-state index contributed by atoms with van der Waals surface area (Å²) in [6.07, 6.45) is 1.95. The summed E-state index contributed by atoms with van der Waals surface area (Å²) < 4.78 is 0. The summed E-state index contributed by atoms with van der Waals surface area (Å²) in [4.78, 5) is 15.4. The lowest BCUT2D eigenvalue weighted by Gasteiger charge is -2.21. The van der Waals surface area contributed by atoms with Gasteiger partial charge in [0.1, 0.15) is 0 Å². The van der Waals surface area contributed by atoms with Crippen molar-refractivity contribution in [2.45, 2.75) is 26.7 Å². The van der Waals surface area contributed by atoms with Crippen molar-refractivity contribution in [3.05, 3.63) is 23.0 Å². The maximum atomic E-state index is 12.2. The van der Waals surface area contributed by atoms with E-state index < -0.39 is 0 Å². The third kappa shape index (κ3) is 2.12. The van der Waals surface area contributed by atoms with Crippen LogP contribution in [0.3, 0.4) is 0 Å². The molecule has 0 bridgehead atoms. The normalized spacial score (nSPS) is 18.0. The molecule has 1 aromatic heterocycles. The second-order valence-corrected chi connectivity index (χ2v) is 4.38. The van der Waals surface area contributed by atoms with Crippen molar-refractivity contribution in [1.29, 1.82) is 0 Å². The number of hydrogen-bond donors (Lipinski definition) is 2. The maximum absolute atomic E-state index is 12.2. The second-order valence-electron chi connectivity index (χ2n) is 4.38. The quantitative estimate of drug-likeness (QED) is 0.725. The molecule has 2 N–H and O–H groups in total. The second kappa shape index (κ2) is 4.19. The van der Waals surface area contributed by atoms with E-state index in [4.69, 9.17) is 0 Å². The predicted molar refractivity (Wildman–Crippen MR) is 60.2 cm³/mol. The third-order valence-corrected chi connectivity index (χ3v) is 3.12. The summed E-state index contributed by atoms with van der Waals surface area (Å²) in [5.41, 5.74) is 2.97. The monoisotopic (exact) mass is 206 g/mol. The van der Waals surface area contributed by atoms with Crippen molar-refractivity contribution < 1.29 is 4.79 Å². The highest BCUT2D eigenvalue weighted by atomic mass is 16.1. The first-order valence-corrected chi connectivity index (χ1v) is 5.59. The molecule has 15 heavy (non-hydrogen) atoms. The third-order valence-electron chi connectivity index (χ3n) is 3.12. The number of rotatable bonds is 2. The molecule has 0 amide bonds. The average molecular weight is 206 g/mol. The van der Waals surface area contributed by atoms with Crippen LogP contribution in [0.5, 0.6) is 0 Å². The van der Waals surface area contributed by atoms with Crippen molar-refractivity contribution in [2.75, 3.05) is 13.1 Å². The maximum Gasteiger partial charge on any atom is 0.167 e. The van der Waals surface area contributed by atoms with Gasteiger partial charge in [0.2, 0.25) is 0 Å². The van der Waals surface area contributed by atoms with Gasteiger partial charge in [-0.25, -0.2) is 0 Å². The molecule has 0 atom stereocenters. The SMILES string of the molecule is Cc1cc(C(=O)C2CCNCC2)c(C)[nH]1. The zero-order valence-corrected chi connectivity index (χ0v) is 9.39. The van der Waals surface area contributed by atoms with E-state index >= 15 is 0 Å². The summed E-state index contributed by atoms with van der Waals surface area (Å²) in [5.74, 6) is 0.540. The summed E-state index contributed by atoms with van der Waals surface area (Å²) in [7, 11) is 0. The summed E-state index contributed by atoms with van der Waals surface area (Å²) in [6.45, 7) is 5.91. The Labute approximate surface area is 90.3 Å². The highest BCUT2D eigenvalue weighted by molar-refractivity contribution is 5.99. The van der Waals surface area contributed by atoms with Crippen LogP contribution < -0.4 is 5.32 Å². The number of carbonyl (C=O) groups excluding carboxylic acids is 1. The first-order valence-electron chi connectivity index (χ1n) is 5.59. The summed E-state index contributed by atoms with van der Waals surface area (Å²) >= 11 is 0. The number of carbonyl (C=O) groups is 1. The van der Waals surface area contributed by atoms with Crippen LogP contribution in [0, 0.1) is 19.8 Å². The van der Waals surface area contributed by atoms with Gasteiger partial charge >= 0.3 is 0 Å². The van der Waals surface area contributed by atoms with Gasteiger partial charge < -0.3 is 10.3 Å². The molecule has 2 heterocycles. The highest BCUT2D eigenvalue weighted by Crippen LogP contribution is 2.20. The van der Waals surface area contributed by atoms with Crippen molar-refractivity contribution >= 4 is 5.78 Å². The van der Waals surface area contributed by atoms with Gasteiger partial charge in [-0.05, 0) is 45.8 Å².